The lowest BCUT2D eigenvalue weighted by atomic mass is 9.80. The van der Waals surface area contributed by atoms with E-state index in [0.29, 0.717) is 17.1 Å². The van der Waals surface area contributed by atoms with Gasteiger partial charge in [-0.05, 0) is 37.5 Å². The Morgan fingerprint density at radius 2 is 1.88 bits per heavy atom. The van der Waals surface area contributed by atoms with Crippen LogP contribution in [0.25, 0.3) is 0 Å². The number of rotatable bonds is 5. The van der Waals surface area contributed by atoms with Gasteiger partial charge >= 0.3 is 0 Å². The lowest BCUT2D eigenvalue weighted by Gasteiger charge is -2.48. The minimum atomic E-state index is -3.58. The summed E-state index contributed by atoms with van der Waals surface area (Å²) in [4.78, 5) is 2.70. The Morgan fingerprint density at radius 1 is 1.20 bits per heavy atom. The first-order valence-corrected chi connectivity index (χ1v) is 10.9. The van der Waals surface area contributed by atoms with Gasteiger partial charge in [0.2, 0.25) is 10.0 Å². The van der Waals surface area contributed by atoms with Crippen molar-refractivity contribution in [3.63, 3.8) is 0 Å². The van der Waals surface area contributed by atoms with E-state index >= 15 is 0 Å². The van der Waals surface area contributed by atoms with E-state index in [-0.39, 0.29) is 10.4 Å². The van der Waals surface area contributed by atoms with Crippen molar-refractivity contribution < 1.29 is 13.2 Å². The van der Waals surface area contributed by atoms with E-state index in [4.69, 9.17) is 16.3 Å². The molecular formula is C18H27ClN2O3S. The maximum atomic E-state index is 12.9. The van der Waals surface area contributed by atoms with Crippen LogP contribution < -0.4 is 4.72 Å². The van der Waals surface area contributed by atoms with Crippen LogP contribution in [0.2, 0.25) is 5.02 Å². The van der Waals surface area contributed by atoms with Gasteiger partial charge in [0, 0.05) is 30.2 Å². The van der Waals surface area contributed by atoms with Gasteiger partial charge in [0.15, 0.2) is 0 Å². The number of hydrogen-bond donors (Lipinski definition) is 1. The molecule has 1 saturated heterocycles. The number of ether oxygens (including phenoxy) is 1. The van der Waals surface area contributed by atoms with Crippen molar-refractivity contribution in [1.82, 2.24) is 9.62 Å². The van der Waals surface area contributed by atoms with Gasteiger partial charge in [-0.2, -0.15) is 0 Å². The summed E-state index contributed by atoms with van der Waals surface area (Å²) in [7, 11) is -3.58. The first-order chi connectivity index (χ1) is 11.9. The topological polar surface area (TPSA) is 58.6 Å². The number of halogens is 1. The van der Waals surface area contributed by atoms with Gasteiger partial charge in [0.1, 0.15) is 0 Å². The number of aryl methyl sites for hydroxylation is 1. The average molecular weight is 387 g/mol. The highest BCUT2D eigenvalue weighted by atomic mass is 35.5. The number of sulfonamides is 1. The van der Waals surface area contributed by atoms with Crippen LogP contribution in [0.15, 0.2) is 23.1 Å². The predicted octanol–water partition coefficient (Wildman–Crippen LogP) is 2.96. The van der Waals surface area contributed by atoms with E-state index in [9.17, 15) is 8.42 Å². The van der Waals surface area contributed by atoms with E-state index in [1.165, 1.54) is 12.5 Å². The zero-order valence-electron chi connectivity index (χ0n) is 14.8. The lowest BCUT2D eigenvalue weighted by molar-refractivity contribution is -0.0348. The van der Waals surface area contributed by atoms with Crippen LogP contribution in [-0.4, -0.2) is 51.7 Å². The Balaban J connectivity index is 1.79. The fourth-order valence-electron chi connectivity index (χ4n) is 4.02. The molecule has 1 aliphatic carbocycles. The maximum Gasteiger partial charge on any atom is 0.240 e. The van der Waals surface area contributed by atoms with E-state index in [2.05, 4.69) is 9.62 Å². The molecule has 1 aliphatic heterocycles. The summed E-state index contributed by atoms with van der Waals surface area (Å²) in [6.45, 7) is 5.43. The fourth-order valence-corrected chi connectivity index (χ4v) is 5.65. The van der Waals surface area contributed by atoms with Crippen molar-refractivity contribution >= 4 is 21.6 Å². The second kappa shape index (κ2) is 7.92. The van der Waals surface area contributed by atoms with Crippen LogP contribution in [0.1, 0.15) is 37.7 Å². The Morgan fingerprint density at radius 3 is 2.56 bits per heavy atom. The first-order valence-electron chi connectivity index (χ1n) is 9.02. The van der Waals surface area contributed by atoms with Crippen LogP contribution >= 0.6 is 11.6 Å². The third kappa shape index (κ3) is 4.37. The molecule has 1 aromatic carbocycles. The summed E-state index contributed by atoms with van der Waals surface area (Å²) in [5.41, 5.74) is 0.614. The molecule has 7 heteroatoms. The van der Waals surface area contributed by atoms with Crippen LogP contribution in [0.4, 0.5) is 0 Å². The average Bonchev–Trinajstić information content (AvgIpc) is 2.63. The Hall–Kier alpha value is -0.660. The normalized spacial score (nSPS) is 22.0. The van der Waals surface area contributed by atoms with Gasteiger partial charge in [-0.15, -0.1) is 0 Å². The molecular weight excluding hydrogens is 360 g/mol. The largest absolute Gasteiger partial charge is 0.379 e. The SMILES string of the molecule is Cc1ccc(Cl)cc1S(=O)(=O)NCC1(N2CCOCC2)CCCCC1. The molecule has 0 unspecified atom stereocenters. The monoisotopic (exact) mass is 386 g/mol. The van der Waals surface area contributed by atoms with Crippen molar-refractivity contribution in [2.45, 2.75) is 49.5 Å². The molecule has 1 saturated carbocycles. The highest BCUT2D eigenvalue weighted by molar-refractivity contribution is 7.89. The second-order valence-electron chi connectivity index (χ2n) is 7.12. The molecule has 0 amide bonds. The number of hydrogen-bond acceptors (Lipinski definition) is 4. The molecule has 1 heterocycles. The molecule has 2 aliphatic rings. The molecule has 1 aromatic rings. The van der Waals surface area contributed by atoms with Gasteiger partial charge in [-0.3, -0.25) is 4.90 Å². The molecule has 1 N–H and O–H groups in total. The number of nitrogens with one attached hydrogen (secondary N) is 1. The van der Waals surface area contributed by atoms with E-state index in [1.54, 1.807) is 19.1 Å². The summed E-state index contributed by atoms with van der Waals surface area (Å²) in [6, 6.07) is 4.99. The zero-order valence-corrected chi connectivity index (χ0v) is 16.3. The van der Waals surface area contributed by atoms with Gasteiger partial charge in [0.05, 0.1) is 18.1 Å². The van der Waals surface area contributed by atoms with Gasteiger partial charge < -0.3 is 4.74 Å². The quantitative estimate of drug-likeness (QED) is 0.845. The lowest BCUT2D eigenvalue weighted by Crippen LogP contribution is -2.59. The van der Waals surface area contributed by atoms with Gasteiger partial charge in [-0.25, -0.2) is 13.1 Å². The summed E-state index contributed by atoms with van der Waals surface area (Å²) in [5.74, 6) is 0. The number of benzene rings is 1. The van der Waals surface area contributed by atoms with Crippen molar-refractivity contribution in [3.05, 3.63) is 28.8 Å². The van der Waals surface area contributed by atoms with Crippen molar-refractivity contribution in [1.29, 1.82) is 0 Å². The smallest absolute Gasteiger partial charge is 0.240 e. The van der Waals surface area contributed by atoms with E-state index in [1.807, 2.05) is 0 Å². The second-order valence-corrected chi connectivity index (χ2v) is 9.29. The highest BCUT2D eigenvalue weighted by Crippen LogP contribution is 2.34. The number of morpholine rings is 1. The Labute approximate surface area is 155 Å². The van der Waals surface area contributed by atoms with Crippen LogP contribution in [0.5, 0.6) is 0 Å². The Kier molecular flexibility index (Phi) is 6.06. The molecule has 2 fully saturated rings. The first kappa shape index (κ1) is 19.1. The minimum Gasteiger partial charge on any atom is -0.379 e. The number of nitrogens with zero attached hydrogens (tertiary/aromatic N) is 1. The van der Waals surface area contributed by atoms with Crippen molar-refractivity contribution in [2.75, 3.05) is 32.8 Å². The van der Waals surface area contributed by atoms with Gasteiger partial charge in [0.25, 0.3) is 0 Å². The minimum absolute atomic E-state index is 0.0957. The molecule has 0 bridgehead atoms. The summed E-state index contributed by atoms with van der Waals surface area (Å²) in [6.07, 6.45) is 5.59. The predicted molar refractivity (Wildman–Crippen MR) is 99.6 cm³/mol. The molecule has 0 radical (unpaired) electrons. The fraction of sp³-hybridized carbons (Fsp3) is 0.667. The summed E-state index contributed by atoms with van der Waals surface area (Å²) < 4.78 is 34.1. The maximum absolute atomic E-state index is 12.9. The molecule has 0 spiro atoms. The molecule has 5 nitrogen and oxygen atoms in total. The van der Waals surface area contributed by atoms with Crippen molar-refractivity contribution in [3.8, 4) is 0 Å². The summed E-state index contributed by atoms with van der Waals surface area (Å²) in [5, 5.41) is 0.437. The molecule has 0 aromatic heterocycles. The highest BCUT2D eigenvalue weighted by Gasteiger charge is 2.39. The van der Waals surface area contributed by atoms with Gasteiger partial charge in [-0.1, -0.05) is 36.9 Å². The van der Waals surface area contributed by atoms with Crippen LogP contribution in [0, 0.1) is 6.92 Å². The molecule has 140 valence electrons. The third-order valence-electron chi connectivity index (χ3n) is 5.50. The molecule has 0 atom stereocenters. The van der Waals surface area contributed by atoms with Crippen molar-refractivity contribution in [2.24, 2.45) is 0 Å². The van der Waals surface area contributed by atoms with Crippen LogP contribution in [0.3, 0.4) is 0 Å². The molecule has 3 rings (SSSR count). The zero-order chi connectivity index (χ0) is 17.9. The third-order valence-corrected chi connectivity index (χ3v) is 7.28. The Bertz CT molecular complexity index is 696. The standard InChI is InChI=1S/C18H27ClN2O3S/c1-15-5-6-16(19)13-17(15)25(22,23)20-14-18(7-3-2-4-8-18)21-9-11-24-12-10-21/h5-6,13,20H,2-4,7-12,14H2,1H3. The summed E-state index contributed by atoms with van der Waals surface area (Å²) >= 11 is 6.01. The van der Waals surface area contributed by atoms with Crippen LogP contribution in [-0.2, 0) is 14.8 Å². The van der Waals surface area contributed by atoms with E-state index < -0.39 is 10.0 Å². The van der Waals surface area contributed by atoms with E-state index in [0.717, 1.165) is 52.0 Å². The molecule has 25 heavy (non-hydrogen) atoms.